The zero-order valence-electron chi connectivity index (χ0n) is 15.8. The Balaban J connectivity index is 0.00000225. The second-order valence-electron chi connectivity index (χ2n) is 7.25. The van der Waals surface area contributed by atoms with Crippen molar-refractivity contribution in [3.05, 3.63) is 22.4 Å². The van der Waals surface area contributed by atoms with Crippen LogP contribution in [-0.4, -0.2) is 55.5 Å². The summed E-state index contributed by atoms with van der Waals surface area (Å²) in [6, 6.07) is 2.68. The summed E-state index contributed by atoms with van der Waals surface area (Å²) in [6.45, 7) is 9.93. The van der Waals surface area contributed by atoms with E-state index < -0.39 is 0 Å². The van der Waals surface area contributed by atoms with Crippen LogP contribution in [0.25, 0.3) is 0 Å². The number of nitrogens with one attached hydrogen (secondary N) is 1. The van der Waals surface area contributed by atoms with Crippen LogP contribution in [-0.2, 0) is 0 Å². The van der Waals surface area contributed by atoms with Crippen molar-refractivity contribution in [3.8, 4) is 0 Å². The largest absolute Gasteiger partial charge is 0.354 e. The van der Waals surface area contributed by atoms with Crippen molar-refractivity contribution in [1.82, 2.24) is 15.1 Å². The minimum atomic E-state index is 0. The van der Waals surface area contributed by atoms with Gasteiger partial charge in [0.05, 0.1) is 6.04 Å². The van der Waals surface area contributed by atoms with Crippen LogP contribution in [0.1, 0.15) is 51.1 Å². The first kappa shape index (κ1) is 21.0. The second-order valence-corrected chi connectivity index (χ2v) is 8.03. The summed E-state index contributed by atoms with van der Waals surface area (Å²) in [5, 5.41) is 8.14. The summed E-state index contributed by atoms with van der Waals surface area (Å²) >= 11 is 1.79. The van der Waals surface area contributed by atoms with Gasteiger partial charge in [0.25, 0.3) is 0 Å². The Hall–Kier alpha value is -0.340. The third-order valence-corrected chi connectivity index (χ3v) is 6.70. The topological polar surface area (TPSA) is 30.9 Å². The Morgan fingerprint density at radius 1 is 1.36 bits per heavy atom. The third kappa shape index (κ3) is 4.69. The molecule has 0 amide bonds. The highest BCUT2D eigenvalue weighted by Gasteiger charge is 2.43. The molecule has 4 nitrogen and oxygen atoms in total. The lowest BCUT2D eigenvalue weighted by Crippen LogP contribution is -2.45. The van der Waals surface area contributed by atoms with Crippen LogP contribution in [0.3, 0.4) is 0 Å². The molecule has 2 fully saturated rings. The lowest BCUT2D eigenvalue weighted by Gasteiger charge is -2.38. The number of aliphatic imine (C=N–C) groups is 1. The van der Waals surface area contributed by atoms with Crippen molar-refractivity contribution >= 4 is 41.3 Å². The number of rotatable bonds is 6. The predicted octanol–water partition coefficient (Wildman–Crippen LogP) is 4.20. The van der Waals surface area contributed by atoms with Crippen LogP contribution in [0.15, 0.2) is 21.8 Å². The highest BCUT2D eigenvalue weighted by atomic mass is 127. The number of likely N-dealkylation sites (N-methyl/N-ethyl adjacent to an activating group) is 1. The molecule has 0 aromatic carbocycles. The molecule has 2 aliphatic rings. The fourth-order valence-electron chi connectivity index (χ4n) is 4.31. The highest BCUT2D eigenvalue weighted by Crippen LogP contribution is 2.47. The van der Waals surface area contributed by atoms with Gasteiger partial charge in [-0.15, -0.1) is 24.0 Å². The highest BCUT2D eigenvalue weighted by molar-refractivity contribution is 14.0. The lowest BCUT2D eigenvalue weighted by molar-refractivity contribution is 0.151. The fraction of sp³-hybridized carbons (Fsp3) is 0.737. The number of guanidine groups is 1. The van der Waals surface area contributed by atoms with Gasteiger partial charge in [0.1, 0.15) is 0 Å². The number of hydrogen-bond acceptors (Lipinski definition) is 3. The quantitative estimate of drug-likeness (QED) is 0.379. The van der Waals surface area contributed by atoms with Crippen LogP contribution < -0.4 is 5.32 Å². The average Bonchev–Trinajstić information content (AvgIpc) is 3.24. The van der Waals surface area contributed by atoms with E-state index in [0.29, 0.717) is 11.5 Å². The molecule has 1 aromatic heterocycles. The first-order chi connectivity index (χ1) is 11.7. The molecular weight excluding hydrogens is 443 g/mol. The Morgan fingerprint density at radius 2 is 2.12 bits per heavy atom. The van der Waals surface area contributed by atoms with Crippen LogP contribution >= 0.6 is 35.3 Å². The lowest BCUT2D eigenvalue weighted by atomic mass is 9.68. The maximum Gasteiger partial charge on any atom is 0.193 e. The molecule has 1 spiro atoms. The molecule has 6 heteroatoms. The summed E-state index contributed by atoms with van der Waals surface area (Å²) < 4.78 is 0. The second kappa shape index (κ2) is 9.55. The van der Waals surface area contributed by atoms with E-state index >= 15 is 0 Å². The first-order valence-corrected chi connectivity index (χ1v) is 10.4. The molecule has 1 N–H and O–H groups in total. The maximum absolute atomic E-state index is 4.57. The van der Waals surface area contributed by atoms with Crippen molar-refractivity contribution in [1.29, 1.82) is 0 Å². The fourth-order valence-corrected chi connectivity index (χ4v) is 5.01. The minimum Gasteiger partial charge on any atom is -0.354 e. The normalized spacial score (nSPS) is 20.5. The third-order valence-electron chi connectivity index (χ3n) is 6.00. The summed E-state index contributed by atoms with van der Waals surface area (Å²) in [5.41, 5.74) is 2.03. The molecule has 25 heavy (non-hydrogen) atoms. The molecule has 1 atom stereocenters. The van der Waals surface area contributed by atoms with Gasteiger partial charge in [-0.25, -0.2) is 0 Å². The van der Waals surface area contributed by atoms with Gasteiger partial charge in [0.15, 0.2) is 5.96 Å². The van der Waals surface area contributed by atoms with Gasteiger partial charge in [0, 0.05) is 26.7 Å². The Labute approximate surface area is 174 Å². The van der Waals surface area contributed by atoms with E-state index in [1.807, 2.05) is 7.05 Å². The van der Waals surface area contributed by atoms with Crippen LogP contribution in [0.5, 0.6) is 0 Å². The molecule has 2 heterocycles. The molecule has 1 aliphatic heterocycles. The van der Waals surface area contributed by atoms with E-state index in [1.165, 1.54) is 37.8 Å². The van der Waals surface area contributed by atoms with Crippen LogP contribution in [0.4, 0.5) is 0 Å². The average molecular weight is 476 g/mol. The van der Waals surface area contributed by atoms with Crippen molar-refractivity contribution in [3.63, 3.8) is 0 Å². The van der Waals surface area contributed by atoms with Crippen molar-refractivity contribution in [2.24, 2.45) is 10.4 Å². The standard InChI is InChI=1S/C19H32N4S.HI/c1-4-22(5-2)17(16-7-12-24-14-16)13-21-18(20-3)23-11-10-19(15-23)8-6-9-19;/h7,12,14,17H,4-6,8-11,13,15H2,1-3H3,(H,20,21);1H. The van der Waals surface area contributed by atoms with Crippen molar-refractivity contribution < 1.29 is 0 Å². The number of hydrogen-bond donors (Lipinski definition) is 1. The summed E-state index contributed by atoms with van der Waals surface area (Å²) in [5.74, 6) is 1.09. The molecule has 1 unspecified atom stereocenters. The van der Waals surface area contributed by atoms with E-state index in [-0.39, 0.29) is 24.0 Å². The molecule has 1 saturated heterocycles. The molecule has 3 rings (SSSR count). The number of likely N-dealkylation sites (tertiary alicyclic amines) is 1. The van der Waals surface area contributed by atoms with E-state index in [0.717, 1.165) is 32.1 Å². The molecule has 1 aliphatic carbocycles. The zero-order valence-corrected chi connectivity index (χ0v) is 19.0. The predicted molar refractivity (Wildman–Crippen MR) is 119 cm³/mol. The van der Waals surface area contributed by atoms with Gasteiger partial charge in [0.2, 0.25) is 0 Å². The zero-order chi connectivity index (χ0) is 17.0. The van der Waals surface area contributed by atoms with Gasteiger partial charge < -0.3 is 10.2 Å². The number of nitrogens with zero attached hydrogens (tertiary/aromatic N) is 3. The Bertz CT molecular complexity index is 538. The molecule has 1 saturated carbocycles. The maximum atomic E-state index is 4.57. The molecule has 0 bridgehead atoms. The number of halogens is 1. The van der Waals surface area contributed by atoms with E-state index in [9.17, 15) is 0 Å². The van der Waals surface area contributed by atoms with Crippen LogP contribution in [0, 0.1) is 5.41 Å². The van der Waals surface area contributed by atoms with Gasteiger partial charge in [-0.2, -0.15) is 11.3 Å². The van der Waals surface area contributed by atoms with Gasteiger partial charge in [-0.05, 0) is 60.2 Å². The Kier molecular flexibility index (Phi) is 8.01. The summed E-state index contributed by atoms with van der Waals surface area (Å²) in [7, 11) is 1.92. The molecule has 0 radical (unpaired) electrons. The summed E-state index contributed by atoms with van der Waals surface area (Å²) in [4.78, 5) is 9.58. The van der Waals surface area contributed by atoms with Gasteiger partial charge >= 0.3 is 0 Å². The van der Waals surface area contributed by atoms with E-state index in [4.69, 9.17) is 0 Å². The van der Waals surface area contributed by atoms with Crippen molar-refractivity contribution in [2.45, 2.75) is 45.6 Å². The summed E-state index contributed by atoms with van der Waals surface area (Å²) in [6.07, 6.45) is 5.59. The van der Waals surface area contributed by atoms with E-state index in [1.54, 1.807) is 11.3 Å². The van der Waals surface area contributed by atoms with Gasteiger partial charge in [-0.3, -0.25) is 9.89 Å². The smallest absolute Gasteiger partial charge is 0.193 e. The van der Waals surface area contributed by atoms with E-state index in [2.05, 4.69) is 50.8 Å². The first-order valence-electron chi connectivity index (χ1n) is 9.43. The molecule has 142 valence electrons. The minimum absolute atomic E-state index is 0. The van der Waals surface area contributed by atoms with Crippen molar-refractivity contribution in [2.75, 3.05) is 39.8 Å². The van der Waals surface area contributed by atoms with Crippen LogP contribution in [0.2, 0.25) is 0 Å². The molecule has 1 aromatic rings. The number of thiophene rings is 1. The van der Waals surface area contributed by atoms with Gasteiger partial charge in [-0.1, -0.05) is 20.3 Å². The molecular formula is C19H33IN4S. The Morgan fingerprint density at radius 3 is 2.60 bits per heavy atom. The monoisotopic (exact) mass is 476 g/mol. The SMILES string of the molecule is CCN(CC)C(CNC(=NC)N1CCC2(CCC2)C1)c1ccsc1.I.